The lowest BCUT2D eigenvalue weighted by atomic mass is 10.2. The number of aromatic nitrogens is 1. The number of hydrogen-bond donors (Lipinski definition) is 3. The summed E-state index contributed by atoms with van der Waals surface area (Å²) < 4.78 is 0. The van der Waals surface area contributed by atoms with Crippen LogP contribution in [0.4, 0.5) is 0 Å². The fraction of sp³-hybridized carbons (Fsp3) is 0.500. The van der Waals surface area contributed by atoms with Crippen molar-refractivity contribution in [1.29, 1.82) is 0 Å². The van der Waals surface area contributed by atoms with Gasteiger partial charge in [-0.3, -0.25) is 4.79 Å². The zero-order valence-corrected chi connectivity index (χ0v) is 10.3. The van der Waals surface area contributed by atoms with Gasteiger partial charge in [0.2, 0.25) is 5.91 Å². The quantitative estimate of drug-likeness (QED) is 0.687. The summed E-state index contributed by atoms with van der Waals surface area (Å²) in [4.78, 5) is 26.4. The van der Waals surface area contributed by atoms with Crippen LogP contribution in [-0.4, -0.2) is 39.2 Å². The number of hydrogen-bond acceptors (Lipinski definition) is 5. The number of thiazole rings is 1. The summed E-state index contributed by atoms with van der Waals surface area (Å²) in [5.41, 5.74) is 0.597. The number of amides is 1. The maximum atomic E-state index is 11.5. The van der Waals surface area contributed by atoms with Crippen molar-refractivity contribution in [2.24, 2.45) is 0 Å². The fourth-order valence-corrected chi connectivity index (χ4v) is 1.88. The van der Waals surface area contributed by atoms with Gasteiger partial charge in [-0.2, -0.15) is 0 Å². The number of aryl methyl sites for hydroxylation is 1. The van der Waals surface area contributed by atoms with Crippen LogP contribution in [0, 0.1) is 6.92 Å². The van der Waals surface area contributed by atoms with E-state index in [0.717, 1.165) is 5.01 Å². The van der Waals surface area contributed by atoms with Crippen molar-refractivity contribution in [3.05, 3.63) is 16.1 Å². The van der Waals surface area contributed by atoms with Gasteiger partial charge in [0.25, 0.3) is 0 Å². The summed E-state index contributed by atoms with van der Waals surface area (Å²) in [6.07, 6.45) is -1.13. The summed E-state index contributed by atoms with van der Waals surface area (Å²) >= 11 is 1.42. The molecule has 0 radical (unpaired) electrons. The summed E-state index contributed by atoms with van der Waals surface area (Å²) in [6.45, 7) is 3.13. The lowest BCUT2D eigenvalue weighted by Gasteiger charge is -2.16. The Morgan fingerprint density at radius 3 is 2.65 bits per heavy atom. The molecule has 3 N–H and O–H groups in total. The Bertz CT molecular complexity index is 416. The van der Waals surface area contributed by atoms with Gasteiger partial charge >= 0.3 is 5.97 Å². The molecule has 0 unspecified atom stereocenters. The van der Waals surface area contributed by atoms with E-state index in [1.165, 1.54) is 18.3 Å². The zero-order chi connectivity index (χ0) is 13.0. The van der Waals surface area contributed by atoms with Crippen molar-refractivity contribution in [3.8, 4) is 0 Å². The molecule has 94 valence electrons. The molecular formula is C10H14N2O4S. The first-order chi connectivity index (χ1) is 7.90. The van der Waals surface area contributed by atoms with Crippen LogP contribution < -0.4 is 5.32 Å². The first-order valence-corrected chi connectivity index (χ1v) is 5.89. The van der Waals surface area contributed by atoms with Crippen LogP contribution in [0.25, 0.3) is 0 Å². The average molecular weight is 258 g/mol. The molecule has 1 aromatic rings. The van der Waals surface area contributed by atoms with Crippen LogP contribution in [0.2, 0.25) is 0 Å². The molecule has 0 saturated heterocycles. The van der Waals surface area contributed by atoms with Gasteiger partial charge in [0.1, 0.15) is 0 Å². The van der Waals surface area contributed by atoms with Crippen molar-refractivity contribution in [1.82, 2.24) is 10.3 Å². The summed E-state index contributed by atoms with van der Waals surface area (Å²) in [7, 11) is 0. The second kappa shape index (κ2) is 5.74. The smallest absolute Gasteiger partial charge is 0.328 e. The molecule has 17 heavy (non-hydrogen) atoms. The Hall–Kier alpha value is -1.47. The zero-order valence-electron chi connectivity index (χ0n) is 9.51. The highest BCUT2D eigenvalue weighted by Gasteiger charge is 2.25. The molecule has 0 fully saturated rings. The summed E-state index contributed by atoms with van der Waals surface area (Å²) in [5, 5.41) is 22.8. The molecule has 0 aliphatic carbocycles. The van der Waals surface area contributed by atoms with Crippen molar-refractivity contribution < 1.29 is 19.8 Å². The highest BCUT2D eigenvalue weighted by atomic mass is 32.1. The number of aliphatic hydroxyl groups is 1. The Labute approximate surface area is 102 Å². The third-order valence-electron chi connectivity index (χ3n) is 2.07. The largest absolute Gasteiger partial charge is 0.480 e. The molecule has 1 amide bonds. The molecule has 1 rings (SSSR count). The van der Waals surface area contributed by atoms with Crippen LogP contribution in [0.15, 0.2) is 5.38 Å². The van der Waals surface area contributed by atoms with Crippen molar-refractivity contribution in [3.63, 3.8) is 0 Å². The van der Waals surface area contributed by atoms with Gasteiger partial charge in [-0.1, -0.05) is 0 Å². The number of rotatable bonds is 5. The van der Waals surface area contributed by atoms with E-state index in [-0.39, 0.29) is 6.42 Å². The monoisotopic (exact) mass is 258 g/mol. The minimum absolute atomic E-state index is 0.0147. The van der Waals surface area contributed by atoms with E-state index in [1.54, 1.807) is 5.38 Å². The van der Waals surface area contributed by atoms with E-state index in [1.807, 2.05) is 6.92 Å². The highest BCUT2D eigenvalue weighted by molar-refractivity contribution is 7.09. The lowest BCUT2D eigenvalue weighted by molar-refractivity contribution is -0.144. The molecule has 7 heteroatoms. The van der Waals surface area contributed by atoms with Gasteiger partial charge in [0.15, 0.2) is 6.04 Å². The SMILES string of the molecule is Cc1nc(CC(=O)N[C@H](C(=O)O)[C@@H](C)O)cs1. The van der Waals surface area contributed by atoms with Crippen LogP contribution >= 0.6 is 11.3 Å². The third kappa shape index (κ3) is 4.12. The first kappa shape index (κ1) is 13.6. The second-order valence-electron chi connectivity index (χ2n) is 3.66. The van der Waals surface area contributed by atoms with Gasteiger partial charge < -0.3 is 15.5 Å². The van der Waals surface area contributed by atoms with Crippen LogP contribution in [0.1, 0.15) is 17.6 Å². The highest BCUT2D eigenvalue weighted by Crippen LogP contribution is 2.08. The predicted octanol–water partition coefficient (Wildman–Crippen LogP) is -0.0558. The maximum Gasteiger partial charge on any atom is 0.328 e. The topological polar surface area (TPSA) is 99.5 Å². The van der Waals surface area contributed by atoms with E-state index < -0.39 is 24.0 Å². The molecule has 6 nitrogen and oxygen atoms in total. The minimum Gasteiger partial charge on any atom is -0.480 e. The molecular weight excluding hydrogens is 244 g/mol. The third-order valence-corrected chi connectivity index (χ3v) is 2.90. The van der Waals surface area contributed by atoms with E-state index in [0.29, 0.717) is 5.69 Å². The number of nitrogens with one attached hydrogen (secondary N) is 1. The average Bonchev–Trinajstić information content (AvgIpc) is 2.59. The molecule has 0 aliphatic heterocycles. The van der Waals surface area contributed by atoms with E-state index >= 15 is 0 Å². The van der Waals surface area contributed by atoms with Crippen molar-refractivity contribution in [2.45, 2.75) is 32.4 Å². The van der Waals surface area contributed by atoms with E-state index in [9.17, 15) is 14.7 Å². The van der Waals surface area contributed by atoms with Crippen LogP contribution in [-0.2, 0) is 16.0 Å². The Balaban J connectivity index is 2.56. The Morgan fingerprint density at radius 2 is 2.24 bits per heavy atom. The molecule has 1 heterocycles. The summed E-state index contributed by atoms with van der Waals surface area (Å²) in [6, 6.07) is -1.29. The lowest BCUT2D eigenvalue weighted by Crippen LogP contribution is -2.48. The van der Waals surface area contributed by atoms with Gasteiger partial charge in [-0.25, -0.2) is 9.78 Å². The van der Waals surface area contributed by atoms with Crippen molar-refractivity contribution >= 4 is 23.2 Å². The predicted molar refractivity (Wildman–Crippen MR) is 61.8 cm³/mol. The van der Waals surface area contributed by atoms with E-state index in [2.05, 4.69) is 10.3 Å². The molecule has 0 aliphatic rings. The number of carbonyl (C=O) groups is 2. The van der Waals surface area contributed by atoms with Gasteiger partial charge in [0, 0.05) is 5.38 Å². The standard InChI is InChI=1S/C10H14N2O4S/c1-5(13)9(10(15)16)12-8(14)3-7-4-17-6(2)11-7/h4-5,9,13H,3H2,1-2H3,(H,12,14)(H,15,16)/t5-,9+/m1/s1. The number of carboxylic acids is 1. The van der Waals surface area contributed by atoms with Crippen LogP contribution in [0.5, 0.6) is 0 Å². The molecule has 0 bridgehead atoms. The number of carboxylic acid groups (broad SMARTS) is 1. The summed E-state index contributed by atoms with van der Waals surface area (Å²) in [5.74, 6) is -1.73. The van der Waals surface area contributed by atoms with Gasteiger partial charge in [0.05, 0.1) is 23.2 Å². The molecule has 0 spiro atoms. The minimum atomic E-state index is -1.29. The fourth-order valence-electron chi connectivity index (χ4n) is 1.27. The normalized spacial score (nSPS) is 14.1. The Kier molecular flexibility index (Phi) is 4.59. The first-order valence-electron chi connectivity index (χ1n) is 5.01. The van der Waals surface area contributed by atoms with E-state index in [4.69, 9.17) is 5.11 Å². The molecule has 0 saturated carbocycles. The molecule has 1 aromatic heterocycles. The molecule has 0 aromatic carbocycles. The second-order valence-corrected chi connectivity index (χ2v) is 4.72. The maximum absolute atomic E-state index is 11.5. The van der Waals surface area contributed by atoms with Crippen LogP contribution in [0.3, 0.4) is 0 Å². The molecule has 2 atom stereocenters. The number of carbonyl (C=O) groups excluding carboxylic acids is 1. The number of nitrogens with zero attached hydrogens (tertiary/aromatic N) is 1. The number of aliphatic carboxylic acids is 1. The van der Waals surface area contributed by atoms with Gasteiger partial charge in [-0.05, 0) is 13.8 Å². The Morgan fingerprint density at radius 1 is 1.59 bits per heavy atom. The van der Waals surface area contributed by atoms with Gasteiger partial charge in [-0.15, -0.1) is 11.3 Å². The number of aliphatic hydroxyl groups excluding tert-OH is 1. The van der Waals surface area contributed by atoms with Crippen molar-refractivity contribution in [2.75, 3.05) is 0 Å².